The van der Waals surface area contributed by atoms with E-state index in [9.17, 15) is 20.2 Å². The molecule has 0 fully saturated rings. The van der Waals surface area contributed by atoms with E-state index in [1.165, 1.54) is 30.3 Å². The molecule has 89 valence electrons. The first-order valence-electron chi connectivity index (χ1n) is 4.99. The Kier molecular flexibility index (Phi) is 3.01. The van der Waals surface area contributed by atoms with Crippen LogP contribution >= 0.6 is 0 Å². The van der Waals surface area contributed by atoms with Gasteiger partial charge >= 0.3 is 0 Å². The first kappa shape index (κ1) is 11.7. The van der Waals surface area contributed by atoms with Crippen molar-refractivity contribution in [3.05, 3.63) is 68.8 Å². The zero-order valence-corrected chi connectivity index (χ0v) is 9.07. The second kappa shape index (κ2) is 4.62. The number of non-ortho nitro benzene ring substituents is 2. The molecule has 0 spiro atoms. The van der Waals surface area contributed by atoms with Gasteiger partial charge in [0.1, 0.15) is 0 Å². The molecule has 18 heavy (non-hydrogen) atoms. The summed E-state index contributed by atoms with van der Waals surface area (Å²) in [6.07, 6.45) is 0. The summed E-state index contributed by atoms with van der Waals surface area (Å²) < 4.78 is 0. The lowest BCUT2D eigenvalue weighted by Gasteiger charge is -2.01. The van der Waals surface area contributed by atoms with Gasteiger partial charge in [-0.25, -0.2) is 0 Å². The van der Waals surface area contributed by atoms with Gasteiger partial charge in [0.25, 0.3) is 11.4 Å². The Balaban J connectivity index is 2.48. The molecule has 0 bridgehead atoms. The monoisotopic (exact) mass is 243 g/mol. The molecule has 0 saturated carbocycles. The predicted octanol–water partition coefficient (Wildman–Crippen LogP) is 2.97. The maximum absolute atomic E-state index is 10.7. The van der Waals surface area contributed by atoms with Crippen LogP contribution in [0.2, 0.25) is 0 Å². The van der Waals surface area contributed by atoms with Crippen molar-refractivity contribution in [1.82, 2.24) is 0 Å². The van der Waals surface area contributed by atoms with Crippen molar-refractivity contribution in [3.8, 4) is 11.1 Å². The van der Waals surface area contributed by atoms with E-state index in [-0.39, 0.29) is 11.4 Å². The summed E-state index contributed by atoms with van der Waals surface area (Å²) in [4.78, 5) is 20.2. The van der Waals surface area contributed by atoms with Gasteiger partial charge in [-0.05, 0) is 17.2 Å². The van der Waals surface area contributed by atoms with Crippen LogP contribution in [0.1, 0.15) is 0 Å². The van der Waals surface area contributed by atoms with Crippen LogP contribution < -0.4 is 0 Å². The molecule has 0 heterocycles. The highest BCUT2D eigenvalue weighted by atomic mass is 16.6. The van der Waals surface area contributed by atoms with E-state index in [0.29, 0.717) is 11.1 Å². The fraction of sp³-hybridized carbons (Fsp3) is 0. The maximum atomic E-state index is 10.7. The van der Waals surface area contributed by atoms with Gasteiger partial charge < -0.3 is 0 Å². The molecule has 6 heteroatoms. The lowest BCUT2D eigenvalue weighted by atomic mass is 10.0. The van der Waals surface area contributed by atoms with Crippen molar-refractivity contribution in [2.75, 3.05) is 0 Å². The van der Waals surface area contributed by atoms with Crippen molar-refractivity contribution in [1.29, 1.82) is 0 Å². The number of benzene rings is 2. The van der Waals surface area contributed by atoms with Gasteiger partial charge in [-0.3, -0.25) is 20.2 Å². The summed E-state index contributed by atoms with van der Waals surface area (Å²) in [6.45, 7) is 0. The minimum Gasteiger partial charge on any atom is -0.258 e. The highest BCUT2D eigenvalue weighted by molar-refractivity contribution is 5.68. The number of nitro benzene ring substituents is 2. The third-order valence-electron chi connectivity index (χ3n) is 2.37. The van der Waals surface area contributed by atoms with Crippen molar-refractivity contribution < 1.29 is 9.85 Å². The Labute approximate surface area is 102 Å². The second-order valence-electron chi connectivity index (χ2n) is 3.53. The molecule has 0 amide bonds. The molecule has 0 aliphatic heterocycles. The van der Waals surface area contributed by atoms with Gasteiger partial charge in [0.15, 0.2) is 0 Å². The summed E-state index contributed by atoms with van der Waals surface area (Å²) in [6, 6.07) is 12.8. The average molecular weight is 243 g/mol. The quantitative estimate of drug-likeness (QED) is 0.612. The van der Waals surface area contributed by atoms with E-state index in [1.807, 2.05) is 0 Å². The van der Waals surface area contributed by atoms with Crippen LogP contribution in [0, 0.1) is 26.3 Å². The van der Waals surface area contributed by atoms with Gasteiger partial charge in [0.2, 0.25) is 0 Å². The minimum absolute atomic E-state index is 0.0528. The van der Waals surface area contributed by atoms with Gasteiger partial charge in [-0.15, -0.1) is 0 Å². The molecule has 2 rings (SSSR count). The molecular formula is C12H7N2O4. The molecule has 6 nitrogen and oxygen atoms in total. The highest BCUT2D eigenvalue weighted by Gasteiger charge is 2.10. The standard InChI is InChI=1S/C12H7N2O4/c15-13(16)11-5-1-3-9(7-11)10-4-2-6-12(8-10)14(17)18/h1-5,7-8H. The number of nitro groups is 2. The number of hydrogen-bond donors (Lipinski definition) is 0. The topological polar surface area (TPSA) is 86.3 Å². The summed E-state index contributed by atoms with van der Waals surface area (Å²) >= 11 is 0. The SMILES string of the molecule is O=[N+]([O-])c1[c]ccc(-c2cccc([N+](=O)[O-])c2)c1. The molecule has 0 aliphatic carbocycles. The molecule has 0 N–H and O–H groups in total. The van der Waals surface area contributed by atoms with Gasteiger partial charge in [0.05, 0.1) is 15.9 Å². The normalized spacial score (nSPS) is 10.0. The average Bonchev–Trinajstić information content (AvgIpc) is 2.39. The lowest BCUT2D eigenvalue weighted by Crippen LogP contribution is -1.90. The van der Waals surface area contributed by atoms with Crippen molar-refractivity contribution >= 4 is 11.4 Å². The minimum atomic E-state index is -0.555. The fourth-order valence-electron chi connectivity index (χ4n) is 1.54. The second-order valence-corrected chi connectivity index (χ2v) is 3.53. The summed E-state index contributed by atoms with van der Waals surface area (Å²) in [7, 11) is 0. The summed E-state index contributed by atoms with van der Waals surface area (Å²) in [5.74, 6) is 0. The Bertz CT molecular complexity index is 569. The maximum Gasteiger partial charge on any atom is 0.278 e. The van der Waals surface area contributed by atoms with Crippen LogP contribution in [-0.4, -0.2) is 9.85 Å². The number of rotatable bonds is 3. The molecule has 1 radical (unpaired) electrons. The third-order valence-corrected chi connectivity index (χ3v) is 2.37. The summed E-state index contributed by atoms with van der Waals surface area (Å²) in [5.41, 5.74) is 0.882. The van der Waals surface area contributed by atoms with E-state index < -0.39 is 9.85 Å². The molecule has 0 saturated heterocycles. The molecule has 0 aliphatic rings. The molecule has 0 aromatic heterocycles. The largest absolute Gasteiger partial charge is 0.278 e. The lowest BCUT2D eigenvalue weighted by molar-refractivity contribution is -0.385. The first-order valence-corrected chi connectivity index (χ1v) is 4.99. The Morgan fingerprint density at radius 3 is 2.33 bits per heavy atom. The van der Waals surface area contributed by atoms with Crippen molar-refractivity contribution in [2.45, 2.75) is 0 Å². The summed E-state index contributed by atoms with van der Waals surface area (Å²) in [5, 5.41) is 21.3. The van der Waals surface area contributed by atoms with Crippen LogP contribution in [-0.2, 0) is 0 Å². The third kappa shape index (κ3) is 2.32. The van der Waals surface area contributed by atoms with E-state index in [1.54, 1.807) is 12.1 Å². The fourth-order valence-corrected chi connectivity index (χ4v) is 1.54. The van der Waals surface area contributed by atoms with E-state index in [0.717, 1.165) is 0 Å². The Morgan fingerprint density at radius 2 is 1.67 bits per heavy atom. The van der Waals surface area contributed by atoms with Gasteiger partial charge in [-0.1, -0.05) is 18.2 Å². The predicted molar refractivity (Wildman–Crippen MR) is 64.0 cm³/mol. The molecule has 0 atom stereocenters. The molecule has 0 unspecified atom stereocenters. The first-order chi connectivity index (χ1) is 8.58. The molecule has 2 aromatic rings. The van der Waals surface area contributed by atoms with E-state index >= 15 is 0 Å². The van der Waals surface area contributed by atoms with Crippen LogP contribution in [0.15, 0.2) is 42.5 Å². The van der Waals surface area contributed by atoms with E-state index in [4.69, 9.17) is 0 Å². The number of hydrogen-bond acceptors (Lipinski definition) is 4. The zero-order chi connectivity index (χ0) is 13.1. The van der Waals surface area contributed by atoms with E-state index in [2.05, 4.69) is 6.07 Å². The molecule has 2 aromatic carbocycles. The zero-order valence-electron chi connectivity index (χ0n) is 9.07. The van der Waals surface area contributed by atoms with Gasteiger partial charge in [-0.2, -0.15) is 0 Å². The van der Waals surface area contributed by atoms with Crippen LogP contribution in [0.25, 0.3) is 11.1 Å². The van der Waals surface area contributed by atoms with Gasteiger partial charge in [0, 0.05) is 18.2 Å². The van der Waals surface area contributed by atoms with Crippen molar-refractivity contribution in [2.24, 2.45) is 0 Å². The van der Waals surface area contributed by atoms with Crippen LogP contribution in [0.4, 0.5) is 11.4 Å². The van der Waals surface area contributed by atoms with Crippen LogP contribution in [0.5, 0.6) is 0 Å². The highest BCUT2D eigenvalue weighted by Crippen LogP contribution is 2.26. The smallest absolute Gasteiger partial charge is 0.258 e. The van der Waals surface area contributed by atoms with Crippen LogP contribution in [0.3, 0.4) is 0 Å². The van der Waals surface area contributed by atoms with Crippen molar-refractivity contribution in [3.63, 3.8) is 0 Å². The Hall–Kier alpha value is -2.76. The number of nitrogens with zero attached hydrogens (tertiary/aromatic N) is 2. The molecular weight excluding hydrogens is 236 g/mol. The Morgan fingerprint density at radius 1 is 0.944 bits per heavy atom.